The molecule has 0 aromatic carbocycles. The van der Waals surface area contributed by atoms with Crippen molar-refractivity contribution in [3.63, 3.8) is 0 Å². The molecule has 4 heterocycles. The van der Waals surface area contributed by atoms with Crippen LogP contribution in [0, 0.1) is 5.92 Å². The van der Waals surface area contributed by atoms with Gasteiger partial charge in [-0.3, -0.25) is 0 Å². The summed E-state index contributed by atoms with van der Waals surface area (Å²) in [4.78, 5) is 10.9. The summed E-state index contributed by atoms with van der Waals surface area (Å²) in [6.45, 7) is 4.07. The quantitative estimate of drug-likeness (QED) is 0.879. The molecule has 4 N–H and O–H groups in total. The van der Waals surface area contributed by atoms with E-state index in [0.29, 0.717) is 11.7 Å². The number of nitrogens with two attached hydrogens (primary N) is 2. The monoisotopic (exact) mass is 330 g/mol. The third kappa shape index (κ3) is 2.99. The molecular formula is C17H26N6O. The second kappa shape index (κ2) is 6.66. The number of hydrogen-bond donors (Lipinski definition) is 2. The van der Waals surface area contributed by atoms with Crippen LogP contribution in [0.5, 0.6) is 0 Å². The molecule has 2 aromatic heterocycles. The Bertz CT molecular complexity index is 701. The van der Waals surface area contributed by atoms with Gasteiger partial charge in [0.25, 0.3) is 0 Å². The minimum atomic E-state index is 0.0388. The van der Waals surface area contributed by atoms with E-state index in [2.05, 4.69) is 19.4 Å². The standard InChI is InChI=1S/C17H26N6O/c18-8-12-2-1-6-22(9-12)10-13-3-4-15(24-13)23-7-5-14-16(19)20-11-21-17(14)23/h5,7,11-13,15H,1-4,6,8-10,18H2,(H2,19,20,21). The van der Waals surface area contributed by atoms with Crippen LogP contribution in [0.4, 0.5) is 5.82 Å². The molecular weight excluding hydrogens is 304 g/mol. The van der Waals surface area contributed by atoms with Crippen LogP contribution in [0.3, 0.4) is 0 Å². The summed E-state index contributed by atoms with van der Waals surface area (Å²) in [5, 5.41) is 0.895. The first kappa shape index (κ1) is 15.8. The third-order valence-corrected chi connectivity index (χ3v) is 5.33. The highest BCUT2D eigenvalue weighted by molar-refractivity contribution is 5.86. The molecule has 2 aromatic rings. The maximum Gasteiger partial charge on any atom is 0.147 e. The van der Waals surface area contributed by atoms with E-state index in [1.54, 1.807) is 0 Å². The van der Waals surface area contributed by atoms with Gasteiger partial charge in [0.1, 0.15) is 24.0 Å². The van der Waals surface area contributed by atoms with E-state index < -0.39 is 0 Å². The summed E-state index contributed by atoms with van der Waals surface area (Å²) in [6.07, 6.45) is 8.44. The maximum atomic E-state index is 6.31. The second-order valence-corrected chi connectivity index (χ2v) is 7.01. The Morgan fingerprint density at radius 3 is 3.04 bits per heavy atom. The largest absolute Gasteiger partial charge is 0.383 e. The smallest absolute Gasteiger partial charge is 0.147 e. The Balaban J connectivity index is 1.42. The van der Waals surface area contributed by atoms with Crippen molar-refractivity contribution in [1.82, 2.24) is 19.4 Å². The molecule has 0 radical (unpaired) electrons. The van der Waals surface area contributed by atoms with Crippen molar-refractivity contribution in [3.8, 4) is 0 Å². The van der Waals surface area contributed by atoms with Gasteiger partial charge >= 0.3 is 0 Å². The van der Waals surface area contributed by atoms with E-state index in [1.165, 1.54) is 19.2 Å². The number of likely N-dealkylation sites (tertiary alicyclic amines) is 1. The zero-order valence-corrected chi connectivity index (χ0v) is 14.0. The number of rotatable bonds is 4. The Morgan fingerprint density at radius 2 is 2.17 bits per heavy atom. The molecule has 3 atom stereocenters. The van der Waals surface area contributed by atoms with Crippen LogP contribution in [0.2, 0.25) is 0 Å². The molecule has 2 saturated heterocycles. The molecule has 0 amide bonds. The number of hydrogen-bond acceptors (Lipinski definition) is 6. The Hall–Kier alpha value is -1.70. The predicted octanol–water partition coefficient (Wildman–Crippen LogP) is 1.36. The fraction of sp³-hybridized carbons (Fsp3) is 0.647. The summed E-state index contributed by atoms with van der Waals surface area (Å²) in [5.74, 6) is 1.17. The summed E-state index contributed by atoms with van der Waals surface area (Å²) in [6, 6.07) is 1.97. The molecule has 2 aliphatic heterocycles. The van der Waals surface area contributed by atoms with Crippen LogP contribution in [-0.4, -0.2) is 51.7 Å². The normalized spacial score (nSPS) is 28.6. The second-order valence-electron chi connectivity index (χ2n) is 7.01. The molecule has 7 heteroatoms. The first-order valence-electron chi connectivity index (χ1n) is 8.89. The van der Waals surface area contributed by atoms with Gasteiger partial charge in [-0.1, -0.05) is 0 Å². The van der Waals surface area contributed by atoms with Gasteiger partial charge in [0.15, 0.2) is 0 Å². The van der Waals surface area contributed by atoms with E-state index in [4.69, 9.17) is 16.2 Å². The minimum absolute atomic E-state index is 0.0388. The SMILES string of the molecule is NCC1CCCN(CC2CCC(n3ccc4c(N)ncnc43)O2)C1. The summed E-state index contributed by atoms with van der Waals surface area (Å²) >= 11 is 0. The van der Waals surface area contributed by atoms with E-state index >= 15 is 0 Å². The summed E-state index contributed by atoms with van der Waals surface area (Å²) < 4.78 is 8.40. The molecule has 0 spiro atoms. The Morgan fingerprint density at radius 1 is 1.25 bits per heavy atom. The van der Waals surface area contributed by atoms with Crippen molar-refractivity contribution in [1.29, 1.82) is 0 Å². The van der Waals surface area contributed by atoms with Crippen molar-refractivity contribution in [2.45, 2.75) is 38.0 Å². The number of piperidine rings is 1. The lowest BCUT2D eigenvalue weighted by Gasteiger charge is -2.33. The molecule has 0 aliphatic carbocycles. The number of nitrogens with zero attached hydrogens (tertiary/aromatic N) is 4. The van der Waals surface area contributed by atoms with Gasteiger partial charge in [-0.25, -0.2) is 9.97 Å². The van der Waals surface area contributed by atoms with Crippen molar-refractivity contribution in [2.75, 3.05) is 31.9 Å². The van der Waals surface area contributed by atoms with Gasteiger partial charge in [-0.05, 0) is 50.8 Å². The van der Waals surface area contributed by atoms with Gasteiger partial charge in [-0.15, -0.1) is 0 Å². The number of nitrogen functional groups attached to an aromatic ring is 1. The molecule has 0 bridgehead atoms. The van der Waals surface area contributed by atoms with Crippen molar-refractivity contribution in [2.24, 2.45) is 11.7 Å². The molecule has 2 aliphatic rings. The lowest BCUT2D eigenvalue weighted by Crippen LogP contribution is -2.42. The van der Waals surface area contributed by atoms with Crippen LogP contribution in [-0.2, 0) is 4.74 Å². The molecule has 3 unspecified atom stereocenters. The van der Waals surface area contributed by atoms with Gasteiger partial charge < -0.3 is 25.7 Å². The van der Waals surface area contributed by atoms with Crippen LogP contribution in [0.1, 0.15) is 31.9 Å². The van der Waals surface area contributed by atoms with Gasteiger partial charge in [-0.2, -0.15) is 0 Å². The van der Waals surface area contributed by atoms with Crippen molar-refractivity contribution in [3.05, 3.63) is 18.6 Å². The molecule has 4 rings (SSSR count). The third-order valence-electron chi connectivity index (χ3n) is 5.33. The van der Waals surface area contributed by atoms with Gasteiger partial charge in [0.05, 0.1) is 11.5 Å². The van der Waals surface area contributed by atoms with Crippen molar-refractivity contribution < 1.29 is 4.74 Å². The average Bonchev–Trinajstić information content (AvgIpc) is 3.22. The highest BCUT2D eigenvalue weighted by atomic mass is 16.5. The van der Waals surface area contributed by atoms with E-state index in [1.807, 2.05) is 12.3 Å². The summed E-state index contributed by atoms with van der Waals surface area (Å²) in [7, 11) is 0. The van der Waals surface area contributed by atoms with Crippen LogP contribution >= 0.6 is 0 Å². The van der Waals surface area contributed by atoms with Crippen molar-refractivity contribution >= 4 is 16.9 Å². The van der Waals surface area contributed by atoms with Gasteiger partial charge in [0.2, 0.25) is 0 Å². The molecule has 130 valence electrons. The molecule has 7 nitrogen and oxygen atoms in total. The number of ether oxygens (including phenoxy) is 1. The maximum absolute atomic E-state index is 6.31. The van der Waals surface area contributed by atoms with E-state index in [9.17, 15) is 0 Å². The first-order valence-corrected chi connectivity index (χ1v) is 8.89. The van der Waals surface area contributed by atoms with E-state index in [0.717, 1.165) is 50.1 Å². The van der Waals surface area contributed by atoms with E-state index in [-0.39, 0.29) is 12.3 Å². The topological polar surface area (TPSA) is 95.2 Å². The van der Waals surface area contributed by atoms with Crippen LogP contribution < -0.4 is 11.5 Å². The Kier molecular flexibility index (Phi) is 4.39. The average molecular weight is 330 g/mol. The highest BCUT2D eigenvalue weighted by Crippen LogP contribution is 2.32. The number of aromatic nitrogens is 3. The van der Waals surface area contributed by atoms with Gasteiger partial charge in [0, 0.05) is 19.3 Å². The number of fused-ring (bicyclic) bond motifs is 1. The Labute approximate surface area is 142 Å². The fourth-order valence-electron chi connectivity index (χ4n) is 4.05. The lowest BCUT2D eigenvalue weighted by molar-refractivity contribution is -0.0164. The summed E-state index contributed by atoms with van der Waals surface area (Å²) in [5.41, 5.74) is 12.6. The zero-order valence-electron chi connectivity index (χ0n) is 14.0. The predicted molar refractivity (Wildman–Crippen MR) is 93.3 cm³/mol. The minimum Gasteiger partial charge on any atom is -0.383 e. The lowest BCUT2D eigenvalue weighted by atomic mass is 9.98. The zero-order chi connectivity index (χ0) is 16.5. The molecule has 24 heavy (non-hydrogen) atoms. The molecule has 2 fully saturated rings. The fourth-order valence-corrected chi connectivity index (χ4v) is 4.05. The van der Waals surface area contributed by atoms with Crippen LogP contribution in [0.15, 0.2) is 18.6 Å². The first-order chi connectivity index (χ1) is 11.7. The van der Waals surface area contributed by atoms with Crippen LogP contribution in [0.25, 0.3) is 11.0 Å². The highest BCUT2D eigenvalue weighted by Gasteiger charge is 2.30. The molecule has 0 saturated carbocycles. The number of anilines is 1.